The first-order valence-electron chi connectivity index (χ1n) is 6.03. The average Bonchev–Trinajstić information content (AvgIpc) is 3.09. The van der Waals surface area contributed by atoms with E-state index in [0.717, 1.165) is 30.8 Å². The van der Waals surface area contributed by atoms with Crippen LogP contribution in [0.3, 0.4) is 0 Å². The fourth-order valence-electron chi connectivity index (χ4n) is 2.40. The minimum atomic E-state index is -0.0804. The normalized spacial score (nSPS) is 19.4. The lowest BCUT2D eigenvalue weighted by Crippen LogP contribution is -2.30. The molecular formula is C13H14N2O3. The van der Waals surface area contributed by atoms with Crippen LogP contribution in [-0.2, 0) is 0 Å². The van der Waals surface area contributed by atoms with Gasteiger partial charge in [-0.1, -0.05) is 5.16 Å². The van der Waals surface area contributed by atoms with E-state index in [0.29, 0.717) is 5.76 Å². The Kier molecular flexibility index (Phi) is 2.66. The van der Waals surface area contributed by atoms with Crippen LogP contribution in [0.1, 0.15) is 40.9 Å². The Morgan fingerprint density at radius 1 is 1.56 bits per heavy atom. The Bertz CT molecular complexity index is 544. The summed E-state index contributed by atoms with van der Waals surface area (Å²) in [6.45, 7) is 2.58. The van der Waals surface area contributed by atoms with Crippen LogP contribution in [-0.4, -0.2) is 22.5 Å². The van der Waals surface area contributed by atoms with Crippen molar-refractivity contribution in [2.24, 2.45) is 0 Å². The molecule has 1 amide bonds. The fourth-order valence-corrected chi connectivity index (χ4v) is 2.40. The van der Waals surface area contributed by atoms with E-state index >= 15 is 0 Å². The summed E-state index contributed by atoms with van der Waals surface area (Å²) in [5.74, 6) is 1.06. The highest BCUT2D eigenvalue weighted by Gasteiger charge is 2.33. The van der Waals surface area contributed by atoms with Crippen LogP contribution in [0.25, 0.3) is 0 Å². The van der Waals surface area contributed by atoms with Crippen molar-refractivity contribution in [2.75, 3.05) is 6.54 Å². The standard InChI is InChI=1S/C13H14N2O3/c1-9-8-10(14-18-9)11-4-2-6-15(11)13(16)12-5-3-7-17-12/h3,5,7-8,11H,2,4,6H2,1H3. The molecule has 0 saturated carbocycles. The van der Waals surface area contributed by atoms with E-state index in [1.807, 2.05) is 13.0 Å². The van der Waals surface area contributed by atoms with Crippen LogP contribution in [0, 0.1) is 6.92 Å². The molecule has 1 atom stereocenters. The molecule has 94 valence electrons. The van der Waals surface area contributed by atoms with Crippen LogP contribution in [0.15, 0.2) is 33.4 Å². The lowest BCUT2D eigenvalue weighted by atomic mass is 10.1. The van der Waals surface area contributed by atoms with Gasteiger partial charge >= 0.3 is 0 Å². The van der Waals surface area contributed by atoms with E-state index in [1.54, 1.807) is 17.0 Å². The average molecular weight is 246 g/mol. The lowest BCUT2D eigenvalue weighted by Gasteiger charge is -2.21. The summed E-state index contributed by atoms with van der Waals surface area (Å²) in [5, 5.41) is 4.01. The van der Waals surface area contributed by atoms with Crippen molar-refractivity contribution in [3.05, 3.63) is 41.7 Å². The molecule has 0 spiro atoms. The highest BCUT2D eigenvalue weighted by Crippen LogP contribution is 2.32. The number of likely N-dealkylation sites (tertiary alicyclic amines) is 1. The number of aryl methyl sites for hydroxylation is 1. The Hall–Kier alpha value is -2.04. The number of hydrogen-bond acceptors (Lipinski definition) is 4. The molecule has 0 N–H and O–H groups in total. The van der Waals surface area contributed by atoms with Crippen LogP contribution in [0.4, 0.5) is 0 Å². The molecule has 1 aliphatic rings. The molecule has 0 aliphatic carbocycles. The van der Waals surface area contributed by atoms with Crippen molar-refractivity contribution in [2.45, 2.75) is 25.8 Å². The molecule has 1 unspecified atom stereocenters. The topological polar surface area (TPSA) is 59.5 Å². The zero-order valence-electron chi connectivity index (χ0n) is 10.1. The number of furan rings is 1. The fraction of sp³-hybridized carbons (Fsp3) is 0.385. The molecular weight excluding hydrogens is 232 g/mol. The molecule has 1 fully saturated rings. The molecule has 18 heavy (non-hydrogen) atoms. The first-order valence-corrected chi connectivity index (χ1v) is 6.03. The van der Waals surface area contributed by atoms with Crippen LogP contribution in [0.5, 0.6) is 0 Å². The Morgan fingerprint density at radius 2 is 2.44 bits per heavy atom. The van der Waals surface area contributed by atoms with Gasteiger partial charge in [0.05, 0.1) is 12.3 Å². The van der Waals surface area contributed by atoms with Gasteiger partial charge in [0.1, 0.15) is 11.5 Å². The smallest absolute Gasteiger partial charge is 0.290 e. The van der Waals surface area contributed by atoms with Gasteiger partial charge in [-0.15, -0.1) is 0 Å². The summed E-state index contributed by atoms with van der Waals surface area (Å²) in [4.78, 5) is 14.1. The third kappa shape index (κ3) is 1.81. The van der Waals surface area contributed by atoms with Gasteiger partial charge in [-0.2, -0.15) is 0 Å². The van der Waals surface area contributed by atoms with Crippen LogP contribution in [0.2, 0.25) is 0 Å². The first-order chi connectivity index (χ1) is 8.75. The summed E-state index contributed by atoms with van der Waals surface area (Å²) < 4.78 is 10.2. The van der Waals surface area contributed by atoms with Gasteiger partial charge < -0.3 is 13.8 Å². The van der Waals surface area contributed by atoms with E-state index in [2.05, 4.69) is 5.16 Å². The van der Waals surface area contributed by atoms with Crippen molar-refractivity contribution in [1.82, 2.24) is 10.1 Å². The van der Waals surface area contributed by atoms with Crippen molar-refractivity contribution < 1.29 is 13.7 Å². The quantitative estimate of drug-likeness (QED) is 0.817. The number of rotatable bonds is 2. The third-order valence-electron chi connectivity index (χ3n) is 3.23. The zero-order chi connectivity index (χ0) is 12.5. The van der Waals surface area contributed by atoms with E-state index < -0.39 is 0 Å². The third-order valence-corrected chi connectivity index (χ3v) is 3.23. The maximum atomic E-state index is 12.3. The molecule has 1 aliphatic heterocycles. The number of amides is 1. The maximum absolute atomic E-state index is 12.3. The Labute approximate surface area is 104 Å². The van der Waals surface area contributed by atoms with Crippen LogP contribution < -0.4 is 0 Å². The second kappa shape index (κ2) is 4.33. The summed E-state index contributed by atoms with van der Waals surface area (Å²) in [7, 11) is 0. The summed E-state index contributed by atoms with van der Waals surface area (Å²) in [6, 6.07) is 5.29. The molecule has 1 saturated heterocycles. The molecule has 2 aromatic heterocycles. The minimum Gasteiger partial charge on any atom is -0.459 e. The van der Waals surface area contributed by atoms with E-state index in [9.17, 15) is 4.79 Å². The number of carbonyl (C=O) groups is 1. The predicted octanol–water partition coefficient (Wildman–Crippen LogP) is 2.55. The van der Waals surface area contributed by atoms with E-state index in [-0.39, 0.29) is 11.9 Å². The lowest BCUT2D eigenvalue weighted by molar-refractivity contribution is 0.0698. The summed E-state index contributed by atoms with van der Waals surface area (Å²) >= 11 is 0. The van der Waals surface area contributed by atoms with Crippen molar-refractivity contribution in [3.8, 4) is 0 Å². The van der Waals surface area contributed by atoms with E-state index in [4.69, 9.17) is 8.94 Å². The molecule has 0 radical (unpaired) electrons. The molecule has 5 nitrogen and oxygen atoms in total. The number of hydrogen-bond donors (Lipinski definition) is 0. The Balaban J connectivity index is 1.85. The van der Waals surface area contributed by atoms with Gasteiger partial charge in [0.2, 0.25) is 0 Å². The van der Waals surface area contributed by atoms with Gasteiger partial charge in [-0.25, -0.2) is 0 Å². The molecule has 5 heteroatoms. The number of aromatic nitrogens is 1. The van der Waals surface area contributed by atoms with Gasteiger partial charge in [-0.3, -0.25) is 4.79 Å². The molecule has 0 aromatic carbocycles. The first kappa shape index (κ1) is 11.1. The highest BCUT2D eigenvalue weighted by molar-refractivity contribution is 5.91. The van der Waals surface area contributed by atoms with Crippen LogP contribution >= 0.6 is 0 Å². The molecule has 2 aromatic rings. The minimum absolute atomic E-state index is 0.0000463. The molecule has 3 heterocycles. The number of carbonyl (C=O) groups excluding carboxylic acids is 1. The Morgan fingerprint density at radius 3 is 3.11 bits per heavy atom. The van der Waals surface area contributed by atoms with Gasteiger partial charge in [0.25, 0.3) is 5.91 Å². The van der Waals surface area contributed by atoms with Gasteiger partial charge in [0, 0.05) is 12.6 Å². The second-order valence-electron chi connectivity index (χ2n) is 4.50. The zero-order valence-corrected chi connectivity index (χ0v) is 10.1. The van der Waals surface area contributed by atoms with Crippen molar-refractivity contribution in [1.29, 1.82) is 0 Å². The predicted molar refractivity (Wildman–Crippen MR) is 63.0 cm³/mol. The maximum Gasteiger partial charge on any atom is 0.290 e. The summed E-state index contributed by atoms with van der Waals surface area (Å²) in [5.41, 5.74) is 0.824. The molecule has 3 rings (SSSR count). The van der Waals surface area contributed by atoms with Gasteiger partial charge in [0.15, 0.2) is 5.76 Å². The van der Waals surface area contributed by atoms with Crippen molar-refractivity contribution in [3.63, 3.8) is 0 Å². The molecule has 0 bridgehead atoms. The SMILES string of the molecule is Cc1cc(C2CCCN2C(=O)c2ccco2)no1. The van der Waals surface area contributed by atoms with Gasteiger partial charge in [-0.05, 0) is 31.9 Å². The highest BCUT2D eigenvalue weighted by atomic mass is 16.5. The second-order valence-corrected chi connectivity index (χ2v) is 4.50. The van der Waals surface area contributed by atoms with E-state index in [1.165, 1.54) is 6.26 Å². The monoisotopic (exact) mass is 246 g/mol. The largest absolute Gasteiger partial charge is 0.459 e. The van der Waals surface area contributed by atoms with Crippen molar-refractivity contribution >= 4 is 5.91 Å². The summed E-state index contributed by atoms with van der Waals surface area (Å²) in [6.07, 6.45) is 3.40. The number of nitrogens with zero attached hydrogens (tertiary/aromatic N) is 2.